The molecule has 1 aromatic carbocycles. The van der Waals surface area contributed by atoms with Gasteiger partial charge in [0.1, 0.15) is 0 Å². The van der Waals surface area contributed by atoms with Crippen LogP contribution in [0.5, 0.6) is 0 Å². The normalized spacial score (nSPS) is 18.9. The topological polar surface area (TPSA) is 46.9 Å². The fourth-order valence-corrected chi connectivity index (χ4v) is 2.57. The Kier molecular flexibility index (Phi) is 6.05. The molecular weight excluding hydrogens is 278 g/mol. The van der Waals surface area contributed by atoms with E-state index in [2.05, 4.69) is 9.80 Å². The molecule has 0 amide bonds. The van der Waals surface area contributed by atoms with Crippen molar-refractivity contribution < 1.29 is 19.0 Å². The molecule has 6 heteroatoms. The van der Waals surface area contributed by atoms with E-state index in [0.717, 1.165) is 38.3 Å². The quantitative estimate of drug-likeness (QED) is 0.823. The summed E-state index contributed by atoms with van der Waals surface area (Å²) in [5.41, 5.74) is 0.410. The van der Waals surface area contributed by atoms with E-state index in [1.54, 1.807) is 0 Å². The molecular formula is C15H22F2N2O2. The number of halogens is 2. The molecule has 118 valence electrons. The van der Waals surface area contributed by atoms with Gasteiger partial charge < -0.3 is 15.1 Å². The molecule has 0 spiro atoms. The molecule has 1 heterocycles. The first-order chi connectivity index (χ1) is 10.1. The zero-order valence-corrected chi connectivity index (χ0v) is 12.0. The molecule has 2 rings (SSSR count). The van der Waals surface area contributed by atoms with E-state index in [1.165, 1.54) is 6.07 Å². The van der Waals surface area contributed by atoms with Gasteiger partial charge >= 0.3 is 0 Å². The molecule has 2 N–H and O–H groups in total. The van der Waals surface area contributed by atoms with Crippen LogP contribution in [0.2, 0.25) is 0 Å². The van der Waals surface area contributed by atoms with Gasteiger partial charge in [-0.05, 0) is 24.1 Å². The van der Waals surface area contributed by atoms with Crippen molar-refractivity contribution in [3.05, 3.63) is 35.4 Å². The smallest absolute Gasteiger partial charge is 0.159 e. The number of β-amino-alcohol motifs (C(OH)–C–C–N with tert-alkyl or cyclic N) is 1. The van der Waals surface area contributed by atoms with Gasteiger partial charge in [-0.2, -0.15) is 0 Å². The molecule has 0 aromatic heterocycles. The summed E-state index contributed by atoms with van der Waals surface area (Å²) in [6, 6.07) is 3.52. The maximum absolute atomic E-state index is 13.1. The van der Waals surface area contributed by atoms with E-state index in [9.17, 15) is 13.9 Å². The number of nitrogens with zero attached hydrogens (tertiary/aromatic N) is 2. The Bertz CT molecular complexity index is 451. The Morgan fingerprint density at radius 1 is 1.00 bits per heavy atom. The Hall–Kier alpha value is -1.08. The van der Waals surface area contributed by atoms with Crippen LogP contribution in [0.25, 0.3) is 0 Å². The number of hydrogen-bond donors (Lipinski definition) is 2. The molecule has 1 unspecified atom stereocenters. The summed E-state index contributed by atoms with van der Waals surface area (Å²) in [5.74, 6) is -1.82. The van der Waals surface area contributed by atoms with E-state index in [4.69, 9.17) is 5.11 Å². The highest BCUT2D eigenvalue weighted by Gasteiger charge is 2.18. The first-order valence-corrected chi connectivity index (χ1v) is 7.28. The number of rotatable bonds is 6. The molecule has 21 heavy (non-hydrogen) atoms. The Balaban J connectivity index is 1.76. The van der Waals surface area contributed by atoms with E-state index < -0.39 is 17.7 Å². The lowest BCUT2D eigenvalue weighted by atomic mass is 10.1. The van der Waals surface area contributed by atoms with Crippen LogP contribution < -0.4 is 0 Å². The van der Waals surface area contributed by atoms with Crippen LogP contribution in [0, 0.1) is 11.6 Å². The summed E-state index contributed by atoms with van der Waals surface area (Å²) in [4.78, 5) is 4.43. The SMILES string of the molecule is OCCN1CCN(CCC(O)c2ccc(F)c(F)c2)CC1. The highest BCUT2D eigenvalue weighted by atomic mass is 19.2. The highest BCUT2D eigenvalue weighted by Crippen LogP contribution is 2.19. The average molecular weight is 300 g/mol. The Morgan fingerprint density at radius 3 is 2.19 bits per heavy atom. The van der Waals surface area contributed by atoms with Crippen molar-refractivity contribution in [2.45, 2.75) is 12.5 Å². The van der Waals surface area contributed by atoms with E-state index in [0.29, 0.717) is 25.1 Å². The second-order valence-corrected chi connectivity index (χ2v) is 5.38. The minimum absolute atomic E-state index is 0.175. The van der Waals surface area contributed by atoms with Gasteiger partial charge in [-0.3, -0.25) is 4.90 Å². The monoisotopic (exact) mass is 300 g/mol. The van der Waals surface area contributed by atoms with Crippen molar-refractivity contribution in [2.75, 3.05) is 45.9 Å². The van der Waals surface area contributed by atoms with Gasteiger partial charge in [0.05, 0.1) is 12.7 Å². The maximum Gasteiger partial charge on any atom is 0.159 e. The molecule has 1 aliphatic rings. The van der Waals surface area contributed by atoms with Crippen molar-refractivity contribution in [1.82, 2.24) is 9.80 Å². The molecule has 1 aliphatic heterocycles. The summed E-state index contributed by atoms with van der Waals surface area (Å²) in [5, 5.41) is 18.9. The third-order valence-electron chi connectivity index (χ3n) is 3.93. The zero-order chi connectivity index (χ0) is 15.2. The molecule has 1 fully saturated rings. The fourth-order valence-electron chi connectivity index (χ4n) is 2.57. The largest absolute Gasteiger partial charge is 0.395 e. The molecule has 1 saturated heterocycles. The minimum atomic E-state index is -0.927. The van der Waals surface area contributed by atoms with Crippen LogP contribution in [-0.2, 0) is 0 Å². The fraction of sp³-hybridized carbons (Fsp3) is 0.600. The Labute approximate surface area is 123 Å². The van der Waals surface area contributed by atoms with Crippen molar-refractivity contribution in [2.24, 2.45) is 0 Å². The number of hydrogen-bond acceptors (Lipinski definition) is 4. The number of benzene rings is 1. The van der Waals surface area contributed by atoms with Gasteiger partial charge in [-0.15, -0.1) is 0 Å². The molecule has 0 bridgehead atoms. The summed E-state index contributed by atoms with van der Waals surface area (Å²) in [6.07, 6.45) is -0.291. The third kappa shape index (κ3) is 4.71. The number of aliphatic hydroxyl groups excluding tert-OH is 2. The lowest BCUT2D eigenvalue weighted by Crippen LogP contribution is -2.47. The molecule has 1 aromatic rings. The second-order valence-electron chi connectivity index (χ2n) is 5.38. The van der Waals surface area contributed by atoms with Crippen molar-refractivity contribution in [1.29, 1.82) is 0 Å². The summed E-state index contributed by atoms with van der Waals surface area (Å²) in [7, 11) is 0. The standard InChI is InChI=1S/C15H22F2N2O2/c16-13-2-1-12(11-14(13)17)15(21)3-4-18-5-7-19(8-6-18)9-10-20/h1-2,11,15,20-21H,3-10H2. The van der Waals surface area contributed by atoms with Crippen LogP contribution in [0.3, 0.4) is 0 Å². The lowest BCUT2D eigenvalue weighted by Gasteiger charge is -2.34. The summed E-state index contributed by atoms with van der Waals surface area (Å²) < 4.78 is 26.0. The van der Waals surface area contributed by atoms with Crippen LogP contribution >= 0.6 is 0 Å². The summed E-state index contributed by atoms with van der Waals surface area (Å²) >= 11 is 0. The highest BCUT2D eigenvalue weighted by molar-refractivity contribution is 5.20. The molecule has 0 saturated carbocycles. The van der Waals surface area contributed by atoms with E-state index in [-0.39, 0.29) is 6.61 Å². The van der Waals surface area contributed by atoms with Crippen molar-refractivity contribution in [3.8, 4) is 0 Å². The van der Waals surface area contributed by atoms with Gasteiger partial charge in [0.2, 0.25) is 0 Å². The predicted octanol–water partition coefficient (Wildman–Crippen LogP) is 0.998. The first-order valence-electron chi connectivity index (χ1n) is 7.28. The van der Waals surface area contributed by atoms with Crippen molar-refractivity contribution in [3.63, 3.8) is 0 Å². The van der Waals surface area contributed by atoms with Gasteiger partial charge in [-0.25, -0.2) is 8.78 Å². The minimum Gasteiger partial charge on any atom is -0.395 e. The van der Waals surface area contributed by atoms with Crippen LogP contribution in [0.4, 0.5) is 8.78 Å². The maximum atomic E-state index is 13.1. The second kappa shape index (κ2) is 7.79. The van der Waals surface area contributed by atoms with E-state index >= 15 is 0 Å². The lowest BCUT2D eigenvalue weighted by molar-refractivity contribution is 0.0922. The Morgan fingerprint density at radius 2 is 1.62 bits per heavy atom. The van der Waals surface area contributed by atoms with Gasteiger partial charge in [0.15, 0.2) is 11.6 Å². The molecule has 0 aliphatic carbocycles. The average Bonchev–Trinajstić information content (AvgIpc) is 2.49. The summed E-state index contributed by atoms with van der Waals surface area (Å²) in [6.45, 7) is 5.19. The van der Waals surface area contributed by atoms with Gasteiger partial charge in [0, 0.05) is 39.3 Å². The molecule has 1 atom stereocenters. The van der Waals surface area contributed by atoms with Crippen LogP contribution in [0.15, 0.2) is 18.2 Å². The number of aliphatic hydroxyl groups is 2. The molecule has 4 nitrogen and oxygen atoms in total. The zero-order valence-electron chi connectivity index (χ0n) is 12.0. The van der Waals surface area contributed by atoms with E-state index in [1.807, 2.05) is 0 Å². The third-order valence-corrected chi connectivity index (χ3v) is 3.93. The number of piperazine rings is 1. The predicted molar refractivity (Wildman–Crippen MR) is 75.9 cm³/mol. The van der Waals surface area contributed by atoms with Crippen LogP contribution in [-0.4, -0.2) is 65.9 Å². The van der Waals surface area contributed by atoms with Gasteiger partial charge in [0.25, 0.3) is 0 Å². The first kappa shape index (κ1) is 16.3. The van der Waals surface area contributed by atoms with Gasteiger partial charge in [-0.1, -0.05) is 6.07 Å². The molecule has 0 radical (unpaired) electrons. The van der Waals surface area contributed by atoms with Crippen LogP contribution in [0.1, 0.15) is 18.1 Å². The van der Waals surface area contributed by atoms with Crippen molar-refractivity contribution >= 4 is 0 Å².